The van der Waals surface area contributed by atoms with Crippen molar-refractivity contribution < 1.29 is 14.3 Å². The summed E-state index contributed by atoms with van der Waals surface area (Å²) >= 11 is 0. The minimum Gasteiger partial charge on any atom is -0.444 e. The molecule has 0 aliphatic carbocycles. The normalized spacial score (nSPS) is 24.1. The predicted octanol–water partition coefficient (Wildman–Crippen LogP) is 1.62. The SMILES string of the molecule is CC(C)(C)OC(=O)N1CCOCC2(CCNCC2)C1. The van der Waals surface area contributed by atoms with Gasteiger partial charge in [-0.1, -0.05) is 0 Å². The van der Waals surface area contributed by atoms with Crippen LogP contribution in [0.4, 0.5) is 4.79 Å². The van der Waals surface area contributed by atoms with Crippen LogP contribution in [0, 0.1) is 5.41 Å². The van der Waals surface area contributed by atoms with Crippen LogP contribution in [-0.2, 0) is 9.47 Å². The minimum absolute atomic E-state index is 0.110. The summed E-state index contributed by atoms with van der Waals surface area (Å²) in [5, 5.41) is 3.37. The molecule has 2 aliphatic rings. The second-order valence-electron chi connectivity index (χ2n) is 6.70. The molecular formula is C14H26N2O3. The summed E-state index contributed by atoms with van der Waals surface area (Å²) in [4.78, 5) is 14.0. The number of rotatable bonds is 0. The Morgan fingerprint density at radius 3 is 2.63 bits per heavy atom. The van der Waals surface area contributed by atoms with Gasteiger partial charge in [-0.15, -0.1) is 0 Å². The third kappa shape index (κ3) is 4.08. The highest BCUT2D eigenvalue weighted by Crippen LogP contribution is 2.32. The second-order valence-corrected chi connectivity index (χ2v) is 6.70. The first-order valence-corrected chi connectivity index (χ1v) is 7.17. The number of piperidine rings is 1. The number of hydrogen-bond donors (Lipinski definition) is 1. The maximum absolute atomic E-state index is 12.2. The molecule has 5 nitrogen and oxygen atoms in total. The van der Waals surface area contributed by atoms with Gasteiger partial charge in [0.2, 0.25) is 0 Å². The third-order valence-electron chi connectivity index (χ3n) is 3.76. The molecule has 0 aromatic heterocycles. The van der Waals surface area contributed by atoms with E-state index in [2.05, 4.69) is 5.32 Å². The van der Waals surface area contributed by atoms with Gasteiger partial charge < -0.3 is 19.7 Å². The van der Waals surface area contributed by atoms with Crippen LogP contribution in [-0.4, -0.2) is 56.0 Å². The zero-order valence-electron chi connectivity index (χ0n) is 12.3. The average Bonchev–Trinajstić information content (AvgIpc) is 2.51. The highest BCUT2D eigenvalue weighted by Gasteiger charge is 2.38. The molecule has 0 atom stereocenters. The molecule has 110 valence electrons. The first-order chi connectivity index (χ1) is 8.90. The molecule has 2 fully saturated rings. The Morgan fingerprint density at radius 2 is 2.00 bits per heavy atom. The lowest BCUT2D eigenvalue weighted by Gasteiger charge is -2.39. The molecule has 0 radical (unpaired) electrons. The van der Waals surface area contributed by atoms with Gasteiger partial charge in [-0.2, -0.15) is 0 Å². The van der Waals surface area contributed by atoms with Crippen LogP contribution in [0.3, 0.4) is 0 Å². The van der Waals surface area contributed by atoms with Crippen LogP contribution in [0.15, 0.2) is 0 Å². The van der Waals surface area contributed by atoms with Gasteiger partial charge in [-0.25, -0.2) is 4.79 Å². The van der Waals surface area contributed by atoms with E-state index in [9.17, 15) is 4.79 Å². The Balaban J connectivity index is 2.01. The summed E-state index contributed by atoms with van der Waals surface area (Å²) in [5.74, 6) is 0. The van der Waals surface area contributed by atoms with Crippen molar-refractivity contribution in [2.75, 3.05) is 39.4 Å². The number of nitrogens with one attached hydrogen (secondary N) is 1. The van der Waals surface area contributed by atoms with Crippen molar-refractivity contribution in [3.63, 3.8) is 0 Å². The van der Waals surface area contributed by atoms with Crippen molar-refractivity contribution in [3.8, 4) is 0 Å². The van der Waals surface area contributed by atoms with E-state index in [4.69, 9.17) is 9.47 Å². The lowest BCUT2D eigenvalue weighted by Crippen LogP contribution is -2.48. The summed E-state index contributed by atoms with van der Waals surface area (Å²) in [6.45, 7) is 10.5. The molecule has 0 aromatic rings. The minimum atomic E-state index is -0.439. The fourth-order valence-electron chi connectivity index (χ4n) is 2.73. The molecular weight excluding hydrogens is 244 g/mol. The molecule has 5 heteroatoms. The first-order valence-electron chi connectivity index (χ1n) is 7.17. The van der Waals surface area contributed by atoms with Gasteiger partial charge in [-0.05, 0) is 46.7 Å². The molecule has 0 saturated carbocycles. The van der Waals surface area contributed by atoms with Crippen molar-refractivity contribution in [3.05, 3.63) is 0 Å². The van der Waals surface area contributed by atoms with Gasteiger partial charge in [0.05, 0.1) is 13.2 Å². The van der Waals surface area contributed by atoms with Crippen molar-refractivity contribution in [2.24, 2.45) is 5.41 Å². The number of carbonyl (C=O) groups is 1. The maximum Gasteiger partial charge on any atom is 0.410 e. The maximum atomic E-state index is 12.2. The van der Waals surface area contributed by atoms with E-state index in [1.165, 1.54) is 0 Å². The molecule has 1 spiro atoms. The lowest BCUT2D eigenvalue weighted by molar-refractivity contribution is 0.0144. The number of nitrogens with zero attached hydrogens (tertiary/aromatic N) is 1. The van der Waals surface area contributed by atoms with E-state index in [1.807, 2.05) is 25.7 Å². The molecule has 2 aliphatic heterocycles. The smallest absolute Gasteiger partial charge is 0.410 e. The second kappa shape index (κ2) is 5.67. The van der Waals surface area contributed by atoms with E-state index >= 15 is 0 Å². The van der Waals surface area contributed by atoms with Crippen LogP contribution < -0.4 is 5.32 Å². The summed E-state index contributed by atoms with van der Waals surface area (Å²) in [6, 6.07) is 0. The van der Waals surface area contributed by atoms with Crippen LogP contribution in [0.25, 0.3) is 0 Å². The van der Waals surface area contributed by atoms with Crippen LogP contribution in [0.2, 0.25) is 0 Å². The third-order valence-corrected chi connectivity index (χ3v) is 3.76. The summed E-state index contributed by atoms with van der Waals surface area (Å²) in [7, 11) is 0. The molecule has 0 bridgehead atoms. The number of amides is 1. The van der Waals surface area contributed by atoms with E-state index in [-0.39, 0.29) is 11.5 Å². The Labute approximate surface area is 115 Å². The molecule has 0 unspecified atom stereocenters. The number of hydrogen-bond acceptors (Lipinski definition) is 4. The fraction of sp³-hybridized carbons (Fsp3) is 0.929. The van der Waals surface area contributed by atoms with Crippen molar-refractivity contribution in [1.82, 2.24) is 10.2 Å². The van der Waals surface area contributed by atoms with Gasteiger partial charge in [-0.3, -0.25) is 0 Å². The molecule has 2 heterocycles. The Kier molecular flexibility index (Phi) is 4.36. The molecule has 1 N–H and O–H groups in total. The quantitative estimate of drug-likeness (QED) is 0.727. The van der Waals surface area contributed by atoms with Crippen LogP contribution >= 0.6 is 0 Å². The zero-order valence-corrected chi connectivity index (χ0v) is 12.3. The standard InChI is InChI=1S/C14H26N2O3/c1-13(2,3)19-12(17)16-8-9-18-11-14(10-16)4-6-15-7-5-14/h15H,4-11H2,1-3H3. The van der Waals surface area contributed by atoms with Crippen molar-refractivity contribution in [1.29, 1.82) is 0 Å². The van der Waals surface area contributed by atoms with Gasteiger partial charge in [0.25, 0.3) is 0 Å². The molecule has 0 aromatic carbocycles. The highest BCUT2D eigenvalue weighted by atomic mass is 16.6. The largest absolute Gasteiger partial charge is 0.444 e. The topological polar surface area (TPSA) is 50.8 Å². The Hall–Kier alpha value is -0.810. The molecule has 19 heavy (non-hydrogen) atoms. The highest BCUT2D eigenvalue weighted by molar-refractivity contribution is 5.68. The average molecular weight is 270 g/mol. The molecule has 2 saturated heterocycles. The Morgan fingerprint density at radius 1 is 1.32 bits per heavy atom. The van der Waals surface area contributed by atoms with E-state index < -0.39 is 5.60 Å². The van der Waals surface area contributed by atoms with Gasteiger partial charge in [0.1, 0.15) is 5.60 Å². The Bertz CT molecular complexity index is 319. The number of carbonyl (C=O) groups excluding carboxylic acids is 1. The monoisotopic (exact) mass is 270 g/mol. The van der Waals surface area contributed by atoms with Gasteiger partial charge in [0.15, 0.2) is 0 Å². The van der Waals surface area contributed by atoms with Crippen LogP contribution in [0.5, 0.6) is 0 Å². The van der Waals surface area contributed by atoms with Gasteiger partial charge in [0, 0.05) is 18.5 Å². The fourth-order valence-corrected chi connectivity index (χ4v) is 2.73. The van der Waals surface area contributed by atoms with Crippen molar-refractivity contribution >= 4 is 6.09 Å². The lowest BCUT2D eigenvalue weighted by atomic mass is 9.79. The summed E-state index contributed by atoms with van der Waals surface area (Å²) in [5.41, 5.74) is -0.329. The summed E-state index contributed by atoms with van der Waals surface area (Å²) in [6.07, 6.45) is 1.91. The first kappa shape index (κ1) is 14.6. The van der Waals surface area contributed by atoms with Crippen LogP contribution in [0.1, 0.15) is 33.6 Å². The van der Waals surface area contributed by atoms with E-state index in [0.29, 0.717) is 13.2 Å². The summed E-state index contributed by atoms with van der Waals surface area (Å²) < 4.78 is 11.2. The number of ether oxygens (including phenoxy) is 2. The molecule has 2 rings (SSSR count). The molecule has 1 amide bonds. The van der Waals surface area contributed by atoms with E-state index in [1.54, 1.807) is 0 Å². The van der Waals surface area contributed by atoms with Gasteiger partial charge >= 0.3 is 6.09 Å². The van der Waals surface area contributed by atoms with E-state index in [0.717, 1.165) is 39.1 Å². The predicted molar refractivity (Wildman–Crippen MR) is 73.2 cm³/mol. The zero-order chi connectivity index (χ0) is 13.9. The van der Waals surface area contributed by atoms with Crippen molar-refractivity contribution in [2.45, 2.75) is 39.2 Å².